The van der Waals surface area contributed by atoms with Gasteiger partial charge >= 0.3 is 5.76 Å². The predicted octanol–water partition coefficient (Wildman–Crippen LogP) is 0.900. The molecule has 2 N–H and O–H groups in total. The molecular weight excluding hydrogens is 358 g/mol. The van der Waals surface area contributed by atoms with Gasteiger partial charge in [-0.15, -0.1) is 0 Å². The van der Waals surface area contributed by atoms with Crippen molar-refractivity contribution in [2.24, 2.45) is 5.73 Å². The topological polar surface area (TPSA) is 116 Å². The van der Waals surface area contributed by atoms with Crippen LogP contribution in [0, 0.1) is 0 Å². The Hall–Kier alpha value is -2.91. The molecule has 136 valence electrons. The Morgan fingerprint density at radius 2 is 1.88 bits per heavy atom. The van der Waals surface area contributed by atoms with Crippen molar-refractivity contribution >= 4 is 27.0 Å². The number of carbonyl (C=O) groups is 1. The van der Waals surface area contributed by atoms with Crippen LogP contribution in [0.2, 0.25) is 0 Å². The lowest BCUT2D eigenvalue weighted by molar-refractivity contribution is -0.118. The number of primary amides is 1. The van der Waals surface area contributed by atoms with Crippen molar-refractivity contribution in [3.8, 4) is 0 Å². The Kier molecular flexibility index (Phi) is 4.66. The third-order valence-corrected chi connectivity index (χ3v) is 5.71. The second kappa shape index (κ2) is 6.77. The standard InChI is InChI=1S/C17H17N3O5S/c1-19(10-12-5-3-2-4-6-12)26(23,24)13-7-8-14-15(9-13)25-17(22)20(14)11-16(18)21/h2-9H,10-11H2,1H3,(H2,18,21). The van der Waals surface area contributed by atoms with Crippen LogP contribution in [0.15, 0.2) is 62.6 Å². The van der Waals surface area contributed by atoms with E-state index in [1.165, 1.54) is 29.6 Å². The molecule has 26 heavy (non-hydrogen) atoms. The molecule has 8 nitrogen and oxygen atoms in total. The SMILES string of the molecule is CN(Cc1ccccc1)S(=O)(=O)c1ccc2c(c1)oc(=O)n2CC(N)=O. The summed E-state index contributed by atoms with van der Waals surface area (Å²) in [6.07, 6.45) is 0. The van der Waals surface area contributed by atoms with Crippen LogP contribution in [-0.4, -0.2) is 30.2 Å². The summed E-state index contributed by atoms with van der Waals surface area (Å²) in [5.74, 6) is -1.47. The highest BCUT2D eigenvalue weighted by Crippen LogP contribution is 2.22. The first kappa shape index (κ1) is 17.9. The summed E-state index contributed by atoms with van der Waals surface area (Å²) in [5, 5.41) is 0. The second-order valence-corrected chi connectivity index (χ2v) is 7.84. The van der Waals surface area contributed by atoms with Crippen molar-refractivity contribution in [2.45, 2.75) is 18.0 Å². The number of oxazole rings is 1. The van der Waals surface area contributed by atoms with Crippen LogP contribution in [0.5, 0.6) is 0 Å². The first-order valence-corrected chi connectivity index (χ1v) is 9.15. The van der Waals surface area contributed by atoms with E-state index in [2.05, 4.69) is 0 Å². The molecule has 2 aromatic carbocycles. The van der Waals surface area contributed by atoms with Gasteiger partial charge in [-0.25, -0.2) is 13.2 Å². The van der Waals surface area contributed by atoms with Gasteiger partial charge in [0.1, 0.15) is 6.54 Å². The van der Waals surface area contributed by atoms with Crippen LogP contribution >= 0.6 is 0 Å². The molecule has 1 heterocycles. The monoisotopic (exact) mass is 375 g/mol. The molecule has 1 amide bonds. The van der Waals surface area contributed by atoms with Gasteiger partial charge in [0.05, 0.1) is 10.4 Å². The number of hydrogen-bond donors (Lipinski definition) is 1. The Morgan fingerprint density at radius 1 is 1.19 bits per heavy atom. The minimum atomic E-state index is -3.78. The summed E-state index contributed by atoms with van der Waals surface area (Å²) in [7, 11) is -2.31. The summed E-state index contributed by atoms with van der Waals surface area (Å²) in [6, 6.07) is 13.2. The van der Waals surface area contributed by atoms with E-state index in [9.17, 15) is 18.0 Å². The van der Waals surface area contributed by atoms with Crippen LogP contribution in [0.3, 0.4) is 0 Å². The fourth-order valence-corrected chi connectivity index (χ4v) is 3.79. The predicted molar refractivity (Wildman–Crippen MR) is 94.8 cm³/mol. The van der Waals surface area contributed by atoms with Gasteiger partial charge in [-0.05, 0) is 17.7 Å². The van der Waals surface area contributed by atoms with Gasteiger partial charge in [-0.3, -0.25) is 9.36 Å². The maximum atomic E-state index is 12.8. The molecule has 0 aliphatic heterocycles. The van der Waals surface area contributed by atoms with Crippen molar-refractivity contribution in [1.29, 1.82) is 0 Å². The van der Waals surface area contributed by atoms with Crippen LogP contribution in [0.4, 0.5) is 0 Å². The van der Waals surface area contributed by atoms with Crippen molar-refractivity contribution < 1.29 is 17.6 Å². The molecule has 1 aromatic heterocycles. The lowest BCUT2D eigenvalue weighted by Gasteiger charge is -2.17. The van der Waals surface area contributed by atoms with Gasteiger partial charge in [0, 0.05) is 19.7 Å². The van der Waals surface area contributed by atoms with Crippen molar-refractivity contribution in [2.75, 3.05) is 7.05 Å². The minimum absolute atomic E-state index is 0.0107. The second-order valence-electron chi connectivity index (χ2n) is 5.80. The molecule has 3 aromatic rings. The molecule has 0 saturated heterocycles. The normalized spacial score (nSPS) is 11.9. The quantitative estimate of drug-likeness (QED) is 0.687. The first-order chi connectivity index (χ1) is 12.3. The largest absolute Gasteiger partial charge is 0.420 e. The molecule has 0 unspecified atom stereocenters. The number of rotatable bonds is 6. The number of nitrogens with two attached hydrogens (primary N) is 1. The number of sulfonamides is 1. The van der Waals surface area contributed by atoms with E-state index < -0.39 is 21.7 Å². The van der Waals surface area contributed by atoms with Crippen LogP contribution in [-0.2, 0) is 27.9 Å². The molecule has 0 saturated carbocycles. The van der Waals surface area contributed by atoms with Crippen LogP contribution < -0.4 is 11.5 Å². The molecule has 3 rings (SSSR count). The van der Waals surface area contributed by atoms with Gasteiger partial charge in [0.15, 0.2) is 5.58 Å². The Labute approximate surface area is 149 Å². The highest BCUT2D eigenvalue weighted by atomic mass is 32.2. The van der Waals surface area contributed by atoms with Gasteiger partial charge in [0.25, 0.3) is 0 Å². The van der Waals surface area contributed by atoms with Crippen LogP contribution in [0.1, 0.15) is 5.56 Å². The summed E-state index contributed by atoms with van der Waals surface area (Å²) < 4.78 is 32.9. The van der Waals surface area contributed by atoms with E-state index in [0.717, 1.165) is 10.1 Å². The van der Waals surface area contributed by atoms with Crippen molar-refractivity contribution in [1.82, 2.24) is 8.87 Å². The highest BCUT2D eigenvalue weighted by Gasteiger charge is 2.23. The summed E-state index contributed by atoms with van der Waals surface area (Å²) in [6.45, 7) is -0.139. The lowest BCUT2D eigenvalue weighted by Crippen LogP contribution is -2.26. The summed E-state index contributed by atoms with van der Waals surface area (Å²) >= 11 is 0. The third kappa shape index (κ3) is 3.39. The molecule has 0 aliphatic rings. The molecule has 9 heteroatoms. The zero-order valence-corrected chi connectivity index (χ0v) is 14.8. The lowest BCUT2D eigenvalue weighted by atomic mass is 10.2. The van der Waals surface area contributed by atoms with Gasteiger partial charge in [-0.2, -0.15) is 4.31 Å². The smallest absolute Gasteiger partial charge is 0.408 e. The molecule has 0 radical (unpaired) electrons. The molecular formula is C17H17N3O5S. The number of nitrogens with zero attached hydrogens (tertiary/aromatic N) is 2. The van der Waals surface area contributed by atoms with E-state index >= 15 is 0 Å². The average Bonchev–Trinajstić information content (AvgIpc) is 2.90. The minimum Gasteiger partial charge on any atom is -0.408 e. The number of hydrogen-bond acceptors (Lipinski definition) is 5. The molecule has 0 bridgehead atoms. The van der Waals surface area contributed by atoms with Crippen molar-refractivity contribution in [3.63, 3.8) is 0 Å². The number of benzene rings is 2. The highest BCUT2D eigenvalue weighted by molar-refractivity contribution is 7.89. The molecule has 0 atom stereocenters. The molecule has 0 aliphatic carbocycles. The zero-order chi connectivity index (χ0) is 18.9. The fourth-order valence-electron chi connectivity index (χ4n) is 2.62. The van der Waals surface area contributed by atoms with Gasteiger partial charge in [-0.1, -0.05) is 30.3 Å². The number of carbonyl (C=O) groups excluding carboxylic acids is 1. The summed E-state index contributed by atoms with van der Waals surface area (Å²) in [4.78, 5) is 22.9. The van der Waals surface area contributed by atoms with E-state index in [-0.39, 0.29) is 23.6 Å². The maximum absolute atomic E-state index is 12.8. The molecule has 0 spiro atoms. The maximum Gasteiger partial charge on any atom is 0.420 e. The molecule has 0 fully saturated rings. The van der Waals surface area contributed by atoms with E-state index in [0.29, 0.717) is 5.52 Å². The number of fused-ring (bicyclic) bond motifs is 1. The first-order valence-electron chi connectivity index (χ1n) is 7.71. The number of amides is 1. The Morgan fingerprint density at radius 3 is 2.54 bits per heavy atom. The zero-order valence-electron chi connectivity index (χ0n) is 14.0. The van der Waals surface area contributed by atoms with Gasteiger partial charge < -0.3 is 10.2 Å². The summed E-state index contributed by atoms with van der Waals surface area (Å²) in [5.41, 5.74) is 6.34. The van der Waals surface area contributed by atoms with Crippen LogP contribution in [0.25, 0.3) is 11.1 Å². The number of aromatic nitrogens is 1. The van der Waals surface area contributed by atoms with E-state index in [1.54, 1.807) is 0 Å². The fraction of sp³-hybridized carbons (Fsp3) is 0.176. The Balaban J connectivity index is 1.96. The van der Waals surface area contributed by atoms with Gasteiger partial charge in [0.2, 0.25) is 15.9 Å². The third-order valence-electron chi connectivity index (χ3n) is 3.91. The Bertz CT molecular complexity index is 1120. The van der Waals surface area contributed by atoms with Crippen molar-refractivity contribution in [3.05, 3.63) is 64.6 Å². The van der Waals surface area contributed by atoms with E-state index in [1.807, 2.05) is 30.3 Å². The average molecular weight is 375 g/mol. The van der Waals surface area contributed by atoms with E-state index in [4.69, 9.17) is 10.2 Å².